The minimum atomic E-state index is -0.0148. The van der Waals surface area contributed by atoms with Crippen LogP contribution in [0.1, 0.15) is 22.3 Å². The highest BCUT2D eigenvalue weighted by molar-refractivity contribution is 8.18. The van der Waals surface area contributed by atoms with Crippen LogP contribution in [-0.4, -0.2) is 27.6 Å². The molecular formula is C26H24N2O2S. The molecule has 1 heterocycles. The first-order valence-corrected chi connectivity index (χ1v) is 11.1. The van der Waals surface area contributed by atoms with Gasteiger partial charge >= 0.3 is 0 Å². The van der Waals surface area contributed by atoms with Crippen LogP contribution in [0.5, 0.6) is 0 Å². The van der Waals surface area contributed by atoms with Crippen molar-refractivity contribution in [2.45, 2.75) is 19.6 Å². The third kappa shape index (κ3) is 5.51. The number of nitrogens with zero attached hydrogens (tertiary/aromatic N) is 2. The van der Waals surface area contributed by atoms with Crippen molar-refractivity contribution < 1.29 is 9.90 Å². The summed E-state index contributed by atoms with van der Waals surface area (Å²) < 4.78 is 0. The summed E-state index contributed by atoms with van der Waals surface area (Å²) in [6.45, 7) is 1.13. The molecule has 1 N–H and O–H groups in total. The molecule has 0 radical (unpaired) electrons. The molecule has 5 heteroatoms. The van der Waals surface area contributed by atoms with E-state index in [2.05, 4.69) is 12.1 Å². The zero-order chi connectivity index (χ0) is 21.5. The van der Waals surface area contributed by atoms with Crippen molar-refractivity contribution in [2.24, 2.45) is 4.99 Å². The maximum Gasteiger partial charge on any atom is 0.266 e. The molecule has 0 unspecified atom stereocenters. The number of amidine groups is 1. The Bertz CT molecular complexity index is 1080. The summed E-state index contributed by atoms with van der Waals surface area (Å²) in [5.41, 5.74) is 4.09. The molecule has 4 nitrogen and oxygen atoms in total. The quantitative estimate of drug-likeness (QED) is 0.545. The van der Waals surface area contributed by atoms with Crippen LogP contribution in [0.4, 0.5) is 0 Å². The molecule has 0 spiro atoms. The lowest BCUT2D eigenvalue weighted by Gasteiger charge is -2.15. The first kappa shape index (κ1) is 21.1. The summed E-state index contributed by atoms with van der Waals surface area (Å²) in [4.78, 5) is 20.4. The van der Waals surface area contributed by atoms with Crippen LogP contribution in [0.3, 0.4) is 0 Å². The SMILES string of the molecule is O=C1/C(=C/c2ccc(CO)cc2)S/C(=N\Cc2ccccc2)N1CCc1ccccc1. The fourth-order valence-corrected chi connectivity index (χ4v) is 4.32. The minimum Gasteiger partial charge on any atom is -0.392 e. The molecule has 0 saturated carbocycles. The van der Waals surface area contributed by atoms with Crippen LogP contribution in [-0.2, 0) is 24.4 Å². The molecule has 31 heavy (non-hydrogen) atoms. The summed E-state index contributed by atoms with van der Waals surface area (Å²) in [5, 5.41) is 9.97. The van der Waals surface area contributed by atoms with E-state index in [-0.39, 0.29) is 12.5 Å². The van der Waals surface area contributed by atoms with Gasteiger partial charge in [0.15, 0.2) is 5.17 Å². The molecular weight excluding hydrogens is 404 g/mol. The monoisotopic (exact) mass is 428 g/mol. The van der Waals surface area contributed by atoms with E-state index in [0.29, 0.717) is 18.0 Å². The predicted octanol–water partition coefficient (Wildman–Crippen LogP) is 4.89. The van der Waals surface area contributed by atoms with E-state index in [1.54, 1.807) is 4.90 Å². The molecule has 0 atom stereocenters. The van der Waals surface area contributed by atoms with Gasteiger partial charge in [0.05, 0.1) is 18.1 Å². The smallest absolute Gasteiger partial charge is 0.266 e. The molecule has 1 aliphatic rings. The fourth-order valence-electron chi connectivity index (χ4n) is 3.32. The number of thioether (sulfide) groups is 1. The van der Waals surface area contributed by atoms with Crippen molar-refractivity contribution in [3.8, 4) is 0 Å². The van der Waals surface area contributed by atoms with Crippen molar-refractivity contribution in [3.05, 3.63) is 112 Å². The zero-order valence-electron chi connectivity index (χ0n) is 17.1. The standard InChI is InChI=1S/C26H24N2O2S/c29-19-23-13-11-21(12-14-23)17-24-25(30)28(16-15-20-7-3-1-4-8-20)26(31-24)27-18-22-9-5-2-6-10-22/h1-14,17,29H,15-16,18-19H2/b24-17-,27-26-. The van der Waals surface area contributed by atoms with E-state index in [9.17, 15) is 9.90 Å². The van der Waals surface area contributed by atoms with Crippen molar-refractivity contribution in [2.75, 3.05) is 6.54 Å². The third-order valence-electron chi connectivity index (χ3n) is 5.05. The second kappa shape index (κ2) is 10.2. The van der Waals surface area contributed by atoms with Gasteiger partial charge in [0, 0.05) is 6.54 Å². The molecule has 0 bridgehead atoms. The second-order valence-electron chi connectivity index (χ2n) is 7.29. The Hall–Kier alpha value is -3.15. The van der Waals surface area contributed by atoms with Crippen molar-refractivity contribution in [1.29, 1.82) is 0 Å². The van der Waals surface area contributed by atoms with E-state index < -0.39 is 0 Å². The van der Waals surface area contributed by atoms with Gasteiger partial charge in [0.25, 0.3) is 5.91 Å². The summed E-state index contributed by atoms with van der Waals surface area (Å²) in [6, 6.07) is 27.8. The minimum absolute atomic E-state index is 0.00802. The lowest BCUT2D eigenvalue weighted by molar-refractivity contribution is -0.122. The molecule has 3 aromatic carbocycles. The molecule has 3 aromatic rings. The lowest BCUT2D eigenvalue weighted by Crippen LogP contribution is -2.31. The number of carbonyl (C=O) groups is 1. The van der Waals surface area contributed by atoms with Gasteiger partial charge in [-0.15, -0.1) is 0 Å². The molecule has 4 rings (SSSR count). The number of hydrogen-bond donors (Lipinski definition) is 1. The van der Waals surface area contributed by atoms with Gasteiger partial charge in [-0.3, -0.25) is 14.7 Å². The Morgan fingerprint density at radius 2 is 1.48 bits per heavy atom. The summed E-state index contributed by atoms with van der Waals surface area (Å²) in [6.07, 6.45) is 2.67. The number of rotatable bonds is 7. The van der Waals surface area contributed by atoms with Crippen molar-refractivity contribution in [3.63, 3.8) is 0 Å². The van der Waals surface area contributed by atoms with E-state index in [0.717, 1.165) is 28.3 Å². The largest absolute Gasteiger partial charge is 0.392 e. The number of hydrogen-bond acceptors (Lipinski definition) is 4. The van der Waals surface area contributed by atoms with Gasteiger partial charge < -0.3 is 5.11 Å². The topological polar surface area (TPSA) is 52.9 Å². The van der Waals surface area contributed by atoms with Gasteiger partial charge in [-0.2, -0.15) is 0 Å². The second-order valence-corrected chi connectivity index (χ2v) is 8.30. The van der Waals surface area contributed by atoms with Crippen LogP contribution >= 0.6 is 11.8 Å². The number of aliphatic hydroxyl groups is 1. The molecule has 0 aliphatic carbocycles. The van der Waals surface area contributed by atoms with Gasteiger partial charge in [-0.1, -0.05) is 84.9 Å². The average Bonchev–Trinajstić information content (AvgIpc) is 3.12. The van der Waals surface area contributed by atoms with Crippen LogP contribution in [0.2, 0.25) is 0 Å². The number of amides is 1. The summed E-state index contributed by atoms with van der Waals surface area (Å²) >= 11 is 1.42. The highest BCUT2D eigenvalue weighted by Gasteiger charge is 2.32. The normalized spacial score (nSPS) is 16.4. The zero-order valence-corrected chi connectivity index (χ0v) is 18.0. The van der Waals surface area contributed by atoms with Gasteiger partial charge in [-0.05, 0) is 46.5 Å². The first-order valence-electron chi connectivity index (χ1n) is 10.3. The summed E-state index contributed by atoms with van der Waals surface area (Å²) in [5.74, 6) is -0.0148. The molecule has 0 aromatic heterocycles. The average molecular weight is 429 g/mol. The van der Waals surface area contributed by atoms with E-state index in [1.165, 1.54) is 17.3 Å². The Kier molecular flexibility index (Phi) is 6.97. The molecule has 1 saturated heterocycles. The Morgan fingerprint density at radius 1 is 0.839 bits per heavy atom. The highest BCUT2D eigenvalue weighted by atomic mass is 32.2. The van der Waals surface area contributed by atoms with Crippen LogP contribution in [0.15, 0.2) is 94.8 Å². The fraction of sp³-hybridized carbons (Fsp3) is 0.154. The van der Waals surface area contributed by atoms with Crippen LogP contribution in [0.25, 0.3) is 6.08 Å². The van der Waals surface area contributed by atoms with Crippen molar-refractivity contribution >= 4 is 28.9 Å². The third-order valence-corrected chi connectivity index (χ3v) is 6.10. The maximum absolute atomic E-state index is 13.2. The number of aliphatic imine (C=N–C) groups is 1. The van der Waals surface area contributed by atoms with E-state index in [1.807, 2.05) is 78.9 Å². The number of carbonyl (C=O) groups excluding carboxylic acids is 1. The predicted molar refractivity (Wildman–Crippen MR) is 127 cm³/mol. The summed E-state index contributed by atoms with van der Waals surface area (Å²) in [7, 11) is 0. The Balaban J connectivity index is 1.56. The number of benzene rings is 3. The Morgan fingerprint density at radius 3 is 2.13 bits per heavy atom. The lowest BCUT2D eigenvalue weighted by atomic mass is 10.1. The van der Waals surface area contributed by atoms with Crippen molar-refractivity contribution in [1.82, 2.24) is 4.90 Å². The Labute approximate surface area is 187 Å². The van der Waals surface area contributed by atoms with Gasteiger partial charge in [-0.25, -0.2) is 0 Å². The molecule has 1 fully saturated rings. The maximum atomic E-state index is 13.2. The van der Waals surface area contributed by atoms with Crippen LogP contribution in [0, 0.1) is 0 Å². The van der Waals surface area contributed by atoms with E-state index in [4.69, 9.17) is 4.99 Å². The first-order chi connectivity index (χ1) is 15.2. The molecule has 156 valence electrons. The van der Waals surface area contributed by atoms with E-state index >= 15 is 0 Å². The molecule has 1 aliphatic heterocycles. The highest BCUT2D eigenvalue weighted by Crippen LogP contribution is 2.33. The molecule has 1 amide bonds. The van der Waals surface area contributed by atoms with Gasteiger partial charge in [0.1, 0.15) is 0 Å². The number of aliphatic hydroxyl groups excluding tert-OH is 1. The van der Waals surface area contributed by atoms with Crippen LogP contribution < -0.4 is 0 Å². The van der Waals surface area contributed by atoms with Gasteiger partial charge in [0.2, 0.25) is 0 Å².